The van der Waals surface area contributed by atoms with Gasteiger partial charge in [-0.1, -0.05) is 23.2 Å². The van der Waals surface area contributed by atoms with Crippen LogP contribution in [-0.4, -0.2) is 37.0 Å². The fourth-order valence-corrected chi connectivity index (χ4v) is 4.12. The average Bonchev–Trinajstić information content (AvgIpc) is 2.77. The molecule has 1 aromatic rings. The van der Waals surface area contributed by atoms with Gasteiger partial charge < -0.3 is 10.2 Å². The van der Waals surface area contributed by atoms with Gasteiger partial charge in [0.25, 0.3) is 0 Å². The summed E-state index contributed by atoms with van der Waals surface area (Å²) in [6.45, 7) is 1.72. The molecule has 112 valence electrons. The number of hydrogen-bond donors (Lipinski definition) is 1. The molecule has 1 atom stereocenters. The van der Waals surface area contributed by atoms with Crippen LogP contribution in [0, 0.1) is 0 Å². The summed E-state index contributed by atoms with van der Waals surface area (Å²) in [7, 11) is 1.96. The zero-order valence-electron chi connectivity index (χ0n) is 11.6. The van der Waals surface area contributed by atoms with Gasteiger partial charge >= 0.3 is 0 Å². The van der Waals surface area contributed by atoms with Crippen LogP contribution in [0.15, 0.2) is 6.07 Å². The molecular formula is C14H20Cl2N2OS. The van der Waals surface area contributed by atoms with Gasteiger partial charge in [0.05, 0.1) is 8.67 Å². The number of piperidine rings is 1. The number of halogens is 2. The van der Waals surface area contributed by atoms with Gasteiger partial charge in [0, 0.05) is 25.6 Å². The molecule has 2 rings (SSSR count). The third-order valence-electron chi connectivity index (χ3n) is 3.75. The normalized spacial score (nSPS) is 19.4. The summed E-state index contributed by atoms with van der Waals surface area (Å²) < 4.78 is 1.46. The van der Waals surface area contributed by atoms with Crippen LogP contribution in [-0.2, 0) is 11.2 Å². The number of nitrogens with zero attached hydrogens (tertiary/aromatic N) is 1. The Morgan fingerprint density at radius 3 is 3.00 bits per heavy atom. The van der Waals surface area contributed by atoms with Gasteiger partial charge in [0.1, 0.15) is 0 Å². The lowest BCUT2D eigenvalue weighted by Gasteiger charge is -2.32. The smallest absolute Gasteiger partial charge is 0.222 e. The number of nitrogens with one attached hydrogen (secondary N) is 1. The molecule has 1 aromatic heterocycles. The van der Waals surface area contributed by atoms with Crippen molar-refractivity contribution >= 4 is 40.4 Å². The Balaban J connectivity index is 1.76. The van der Waals surface area contributed by atoms with E-state index in [-0.39, 0.29) is 5.91 Å². The first-order valence-corrected chi connectivity index (χ1v) is 8.56. The molecule has 1 unspecified atom stereocenters. The maximum Gasteiger partial charge on any atom is 0.222 e. The van der Waals surface area contributed by atoms with E-state index in [2.05, 4.69) is 5.32 Å². The highest BCUT2D eigenvalue weighted by molar-refractivity contribution is 7.20. The monoisotopic (exact) mass is 334 g/mol. The van der Waals surface area contributed by atoms with Crippen molar-refractivity contribution < 1.29 is 4.79 Å². The van der Waals surface area contributed by atoms with Gasteiger partial charge in [0.15, 0.2) is 0 Å². The van der Waals surface area contributed by atoms with Crippen LogP contribution in [0.25, 0.3) is 0 Å². The molecule has 1 fully saturated rings. The van der Waals surface area contributed by atoms with Gasteiger partial charge in [-0.2, -0.15) is 0 Å². The molecule has 3 nitrogen and oxygen atoms in total. The van der Waals surface area contributed by atoms with Gasteiger partial charge in [0.2, 0.25) is 5.91 Å². The highest BCUT2D eigenvalue weighted by Gasteiger charge is 2.22. The Kier molecular flexibility index (Phi) is 6.15. The number of aryl methyl sites for hydroxylation is 1. The molecule has 0 saturated carbocycles. The number of amides is 1. The Bertz CT molecular complexity index is 464. The third-order valence-corrected chi connectivity index (χ3v) is 5.32. The number of likely N-dealkylation sites (tertiary alicyclic amines) is 1. The minimum absolute atomic E-state index is 0.252. The van der Waals surface area contributed by atoms with E-state index in [9.17, 15) is 4.79 Å². The molecule has 6 heteroatoms. The van der Waals surface area contributed by atoms with Crippen molar-refractivity contribution in [2.45, 2.75) is 38.1 Å². The van der Waals surface area contributed by atoms with E-state index in [0.29, 0.717) is 16.8 Å². The molecule has 0 radical (unpaired) electrons. The SMILES string of the molecule is CNC1CCCN(C(=O)CCCc2cc(Cl)sc2Cl)C1. The van der Waals surface area contributed by atoms with Crippen LogP contribution in [0.1, 0.15) is 31.2 Å². The molecular weight excluding hydrogens is 315 g/mol. The van der Waals surface area contributed by atoms with E-state index in [1.807, 2.05) is 18.0 Å². The molecule has 20 heavy (non-hydrogen) atoms. The van der Waals surface area contributed by atoms with E-state index in [1.165, 1.54) is 11.3 Å². The highest BCUT2D eigenvalue weighted by Crippen LogP contribution is 2.32. The summed E-state index contributed by atoms with van der Waals surface area (Å²) in [6, 6.07) is 2.34. The van der Waals surface area contributed by atoms with E-state index in [1.54, 1.807) is 0 Å². The van der Waals surface area contributed by atoms with Crippen molar-refractivity contribution in [1.29, 1.82) is 0 Å². The second-order valence-electron chi connectivity index (χ2n) is 5.17. The summed E-state index contributed by atoms with van der Waals surface area (Å²) in [6.07, 6.45) is 4.47. The molecule has 1 N–H and O–H groups in total. The van der Waals surface area contributed by atoms with Gasteiger partial charge in [-0.05, 0) is 44.4 Å². The summed E-state index contributed by atoms with van der Waals surface area (Å²) in [5.74, 6) is 0.252. The number of carbonyl (C=O) groups excluding carboxylic acids is 1. The van der Waals surface area contributed by atoms with Gasteiger partial charge in [-0.15, -0.1) is 11.3 Å². The second-order valence-corrected chi connectivity index (χ2v) is 7.46. The predicted molar refractivity (Wildman–Crippen MR) is 85.9 cm³/mol. The highest BCUT2D eigenvalue weighted by atomic mass is 35.5. The lowest BCUT2D eigenvalue weighted by molar-refractivity contribution is -0.132. The second kappa shape index (κ2) is 7.64. The number of hydrogen-bond acceptors (Lipinski definition) is 3. The summed E-state index contributed by atoms with van der Waals surface area (Å²) in [4.78, 5) is 14.2. The molecule has 1 aliphatic rings. The van der Waals surface area contributed by atoms with Crippen LogP contribution in [0.2, 0.25) is 8.67 Å². The standard InChI is InChI=1S/C14H20Cl2N2OS/c1-17-11-5-3-7-18(9-11)13(19)6-2-4-10-8-12(15)20-14(10)16/h8,11,17H,2-7,9H2,1H3. The van der Waals surface area contributed by atoms with Gasteiger partial charge in [-0.25, -0.2) is 0 Å². The first kappa shape index (κ1) is 16.1. The Hall–Kier alpha value is -0.290. The van der Waals surface area contributed by atoms with Crippen molar-refractivity contribution in [2.24, 2.45) is 0 Å². The zero-order valence-corrected chi connectivity index (χ0v) is 14.0. The maximum atomic E-state index is 12.2. The van der Waals surface area contributed by atoms with E-state index >= 15 is 0 Å². The molecule has 1 amide bonds. The molecule has 0 bridgehead atoms. The molecule has 1 aliphatic heterocycles. The number of carbonyl (C=O) groups is 1. The fourth-order valence-electron chi connectivity index (χ4n) is 2.57. The van der Waals surface area contributed by atoms with E-state index < -0.39 is 0 Å². The quantitative estimate of drug-likeness (QED) is 0.892. The summed E-state index contributed by atoms with van der Waals surface area (Å²) in [5.41, 5.74) is 1.06. The van der Waals surface area contributed by atoms with Crippen LogP contribution in [0.4, 0.5) is 0 Å². The van der Waals surface area contributed by atoms with Crippen LogP contribution < -0.4 is 5.32 Å². The Labute approximate surface area is 134 Å². The average molecular weight is 335 g/mol. The number of thiophene rings is 1. The fraction of sp³-hybridized carbons (Fsp3) is 0.643. The first-order chi connectivity index (χ1) is 9.60. The molecule has 0 spiro atoms. The minimum atomic E-state index is 0.252. The Morgan fingerprint density at radius 1 is 1.55 bits per heavy atom. The van der Waals surface area contributed by atoms with Crippen molar-refractivity contribution in [3.8, 4) is 0 Å². The molecule has 1 saturated heterocycles. The largest absolute Gasteiger partial charge is 0.341 e. The van der Waals surface area contributed by atoms with E-state index in [4.69, 9.17) is 23.2 Å². The number of likely N-dealkylation sites (N-methyl/N-ethyl adjacent to an activating group) is 1. The van der Waals surface area contributed by atoms with Crippen LogP contribution in [0.3, 0.4) is 0 Å². The van der Waals surface area contributed by atoms with Crippen LogP contribution in [0.5, 0.6) is 0 Å². The topological polar surface area (TPSA) is 32.3 Å². The zero-order chi connectivity index (χ0) is 14.5. The summed E-state index contributed by atoms with van der Waals surface area (Å²) in [5, 5.41) is 3.26. The number of rotatable bonds is 5. The predicted octanol–water partition coefficient (Wildman–Crippen LogP) is 3.59. The molecule has 2 heterocycles. The van der Waals surface area contributed by atoms with Crippen molar-refractivity contribution in [3.63, 3.8) is 0 Å². The summed E-state index contributed by atoms with van der Waals surface area (Å²) >= 11 is 13.4. The van der Waals surface area contributed by atoms with E-state index in [0.717, 1.165) is 48.7 Å². The minimum Gasteiger partial charge on any atom is -0.341 e. The lowest BCUT2D eigenvalue weighted by Crippen LogP contribution is -2.46. The van der Waals surface area contributed by atoms with Crippen molar-refractivity contribution in [2.75, 3.05) is 20.1 Å². The van der Waals surface area contributed by atoms with Crippen LogP contribution >= 0.6 is 34.5 Å². The molecule has 0 aromatic carbocycles. The van der Waals surface area contributed by atoms with Crippen molar-refractivity contribution in [3.05, 3.63) is 20.3 Å². The first-order valence-electron chi connectivity index (χ1n) is 6.99. The van der Waals surface area contributed by atoms with Gasteiger partial charge in [-0.3, -0.25) is 4.79 Å². The third kappa shape index (κ3) is 4.35. The molecule has 0 aliphatic carbocycles. The van der Waals surface area contributed by atoms with Crippen molar-refractivity contribution in [1.82, 2.24) is 10.2 Å². The lowest BCUT2D eigenvalue weighted by atomic mass is 10.0. The Morgan fingerprint density at radius 2 is 2.35 bits per heavy atom. The maximum absolute atomic E-state index is 12.2.